The van der Waals surface area contributed by atoms with Crippen molar-refractivity contribution in [2.45, 2.75) is 13.8 Å². The van der Waals surface area contributed by atoms with Crippen LogP contribution in [0.15, 0.2) is 42.3 Å². The Balaban J connectivity index is 1.50. The van der Waals surface area contributed by atoms with Gasteiger partial charge in [-0.1, -0.05) is 0 Å². The molecule has 8 nitrogen and oxygen atoms in total. The zero-order chi connectivity index (χ0) is 18.1. The second-order valence-corrected chi connectivity index (χ2v) is 6.42. The predicted octanol–water partition coefficient (Wildman–Crippen LogP) is 3.31. The van der Waals surface area contributed by atoms with E-state index in [1.165, 1.54) is 17.5 Å². The van der Waals surface area contributed by atoms with Crippen molar-refractivity contribution in [3.63, 3.8) is 0 Å². The Bertz CT molecular complexity index is 1100. The van der Waals surface area contributed by atoms with Crippen LogP contribution in [-0.4, -0.2) is 30.7 Å². The fourth-order valence-corrected chi connectivity index (χ4v) is 3.15. The van der Waals surface area contributed by atoms with Crippen molar-refractivity contribution in [3.8, 4) is 16.6 Å². The van der Waals surface area contributed by atoms with Crippen molar-refractivity contribution in [2.75, 3.05) is 5.43 Å². The molecule has 0 spiro atoms. The van der Waals surface area contributed by atoms with Gasteiger partial charge in [-0.3, -0.25) is 9.66 Å². The molecule has 0 radical (unpaired) electrons. The van der Waals surface area contributed by atoms with E-state index in [4.69, 9.17) is 4.74 Å². The van der Waals surface area contributed by atoms with Crippen molar-refractivity contribution < 1.29 is 9.53 Å². The lowest BCUT2D eigenvalue weighted by atomic mass is 10.3. The molecule has 0 unspecified atom stereocenters. The second kappa shape index (κ2) is 6.52. The van der Waals surface area contributed by atoms with E-state index in [1.54, 1.807) is 36.3 Å². The monoisotopic (exact) mass is 366 g/mol. The number of aryl methyl sites for hydroxylation is 2. The van der Waals surface area contributed by atoms with Crippen LogP contribution >= 0.6 is 11.3 Å². The molecule has 0 aromatic carbocycles. The number of carbonyl (C=O) groups excluding carboxylic acids is 1. The van der Waals surface area contributed by atoms with Crippen LogP contribution in [0.4, 0.5) is 4.79 Å². The Labute approximate surface area is 152 Å². The maximum atomic E-state index is 12.2. The number of amides is 1. The molecule has 0 aliphatic carbocycles. The molecule has 0 aliphatic heterocycles. The summed E-state index contributed by atoms with van der Waals surface area (Å²) in [7, 11) is 0. The Morgan fingerprint density at radius 3 is 2.88 bits per heavy atom. The van der Waals surface area contributed by atoms with Crippen molar-refractivity contribution in [3.05, 3.63) is 53.7 Å². The Kier molecular flexibility index (Phi) is 4.05. The average molecular weight is 366 g/mol. The maximum Gasteiger partial charge on any atom is 0.432 e. The van der Waals surface area contributed by atoms with Crippen LogP contribution in [0.25, 0.3) is 21.7 Å². The van der Waals surface area contributed by atoms with E-state index < -0.39 is 6.09 Å². The van der Waals surface area contributed by atoms with Gasteiger partial charge >= 0.3 is 6.09 Å². The zero-order valence-electron chi connectivity index (χ0n) is 14.0. The third-order valence-corrected chi connectivity index (χ3v) is 4.61. The molecule has 0 fully saturated rings. The van der Waals surface area contributed by atoms with Gasteiger partial charge < -0.3 is 4.74 Å². The molecule has 4 rings (SSSR count). The highest BCUT2D eigenvalue weighted by Crippen LogP contribution is 2.23. The number of nitrogens with zero attached hydrogens (tertiary/aromatic N) is 5. The molecular formula is C17H14N6O2S. The van der Waals surface area contributed by atoms with E-state index in [9.17, 15) is 4.79 Å². The van der Waals surface area contributed by atoms with Gasteiger partial charge in [0.05, 0.1) is 17.4 Å². The number of rotatable bonds is 3. The van der Waals surface area contributed by atoms with Crippen LogP contribution in [0.5, 0.6) is 5.75 Å². The van der Waals surface area contributed by atoms with Crippen LogP contribution in [-0.2, 0) is 0 Å². The van der Waals surface area contributed by atoms with Gasteiger partial charge in [0.2, 0.25) is 0 Å². The Morgan fingerprint density at radius 2 is 2.12 bits per heavy atom. The van der Waals surface area contributed by atoms with Crippen LogP contribution in [0.2, 0.25) is 0 Å². The lowest BCUT2D eigenvalue weighted by Crippen LogP contribution is -2.25. The fraction of sp³-hybridized carbons (Fsp3) is 0.118. The number of fused-ring (bicyclic) bond motifs is 1. The van der Waals surface area contributed by atoms with E-state index in [2.05, 4.69) is 25.4 Å². The summed E-state index contributed by atoms with van der Waals surface area (Å²) >= 11 is 1.47. The van der Waals surface area contributed by atoms with E-state index in [0.29, 0.717) is 11.5 Å². The molecular weight excluding hydrogens is 352 g/mol. The molecule has 4 aromatic heterocycles. The standard InChI is InChI=1S/C17H14N6O2S/c1-10-9-26-16(20-10)15-19-8-14(11(2)21-15)25-17(24)22-23-6-4-12-7-18-5-3-13(12)23/h3-9H,1-2H3,(H,22,24). The topological polar surface area (TPSA) is 94.8 Å². The predicted molar refractivity (Wildman–Crippen MR) is 97.7 cm³/mol. The van der Waals surface area contributed by atoms with Gasteiger partial charge in [0.1, 0.15) is 0 Å². The fourth-order valence-electron chi connectivity index (χ4n) is 2.42. The third kappa shape index (κ3) is 3.11. The first-order valence-corrected chi connectivity index (χ1v) is 8.64. The molecule has 1 amide bonds. The number of pyridine rings is 1. The summed E-state index contributed by atoms with van der Waals surface area (Å²) in [6.45, 7) is 3.67. The van der Waals surface area contributed by atoms with Crippen molar-refractivity contribution in [2.24, 2.45) is 0 Å². The van der Waals surface area contributed by atoms with Crippen LogP contribution in [0, 0.1) is 13.8 Å². The highest BCUT2D eigenvalue weighted by atomic mass is 32.1. The number of thiazole rings is 1. The number of hydrogen-bond acceptors (Lipinski definition) is 7. The highest BCUT2D eigenvalue weighted by Gasteiger charge is 2.13. The zero-order valence-corrected chi connectivity index (χ0v) is 14.8. The minimum absolute atomic E-state index is 0.289. The first-order chi connectivity index (χ1) is 12.6. The van der Waals surface area contributed by atoms with Gasteiger partial charge in [0, 0.05) is 35.1 Å². The van der Waals surface area contributed by atoms with Crippen LogP contribution in [0.1, 0.15) is 11.4 Å². The van der Waals surface area contributed by atoms with Crippen molar-refractivity contribution in [1.29, 1.82) is 0 Å². The highest BCUT2D eigenvalue weighted by molar-refractivity contribution is 7.13. The maximum absolute atomic E-state index is 12.2. The molecule has 4 heterocycles. The van der Waals surface area contributed by atoms with E-state index in [1.807, 2.05) is 18.4 Å². The Morgan fingerprint density at radius 1 is 1.23 bits per heavy atom. The summed E-state index contributed by atoms with van der Waals surface area (Å²) in [6.07, 6.45) is 5.94. The lowest BCUT2D eigenvalue weighted by molar-refractivity contribution is 0.211. The van der Waals surface area contributed by atoms with E-state index in [-0.39, 0.29) is 5.75 Å². The SMILES string of the molecule is Cc1csc(-c2ncc(OC(=O)Nn3ccc4cnccc43)c(C)n2)n1. The first-order valence-electron chi connectivity index (χ1n) is 7.76. The van der Waals surface area contributed by atoms with Crippen molar-refractivity contribution in [1.82, 2.24) is 24.6 Å². The van der Waals surface area contributed by atoms with Gasteiger partial charge in [-0.25, -0.2) is 25.2 Å². The van der Waals surface area contributed by atoms with Crippen LogP contribution in [0.3, 0.4) is 0 Å². The molecule has 0 bridgehead atoms. The smallest absolute Gasteiger partial charge is 0.406 e. The average Bonchev–Trinajstić information content (AvgIpc) is 3.24. The van der Waals surface area contributed by atoms with Crippen molar-refractivity contribution >= 4 is 28.3 Å². The van der Waals surface area contributed by atoms with E-state index in [0.717, 1.165) is 21.6 Å². The minimum Gasteiger partial charge on any atom is -0.406 e. The lowest BCUT2D eigenvalue weighted by Gasteiger charge is -2.10. The molecule has 9 heteroatoms. The summed E-state index contributed by atoms with van der Waals surface area (Å²) in [4.78, 5) is 29.2. The summed E-state index contributed by atoms with van der Waals surface area (Å²) in [5.74, 6) is 0.801. The molecule has 0 saturated carbocycles. The number of carbonyl (C=O) groups is 1. The molecule has 4 aromatic rings. The van der Waals surface area contributed by atoms with E-state index >= 15 is 0 Å². The largest absolute Gasteiger partial charge is 0.432 e. The number of hydrogen-bond donors (Lipinski definition) is 1. The van der Waals surface area contributed by atoms with Gasteiger partial charge in [-0.2, -0.15) is 0 Å². The van der Waals surface area contributed by atoms with Crippen LogP contribution < -0.4 is 10.2 Å². The molecule has 1 N–H and O–H groups in total. The summed E-state index contributed by atoms with van der Waals surface area (Å²) < 4.78 is 6.91. The quantitative estimate of drug-likeness (QED) is 0.598. The molecule has 26 heavy (non-hydrogen) atoms. The third-order valence-electron chi connectivity index (χ3n) is 3.65. The Hall–Kier alpha value is -3.33. The minimum atomic E-state index is -0.635. The summed E-state index contributed by atoms with van der Waals surface area (Å²) in [5, 5.41) is 3.58. The number of nitrogens with one attached hydrogen (secondary N) is 1. The van der Waals surface area contributed by atoms with Gasteiger partial charge in [0.25, 0.3) is 0 Å². The molecule has 0 aliphatic rings. The number of aromatic nitrogens is 5. The van der Waals surface area contributed by atoms with Gasteiger partial charge in [-0.05, 0) is 26.0 Å². The first kappa shape index (κ1) is 16.2. The van der Waals surface area contributed by atoms with Gasteiger partial charge in [0.15, 0.2) is 16.6 Å². The summed E-state index contributed by atoms with van der Waals surface area (Å²) in [5.41, 5.74) is 4.94. The summed E-state index contributed by atoms with van der Waals surface area (Å²) in [6, 6.07) is 3.65. The molecule has 0 saturated heterocycles. The number of ether oxygens (including phenoxy) is 1. The normalized spacial score (nSPS) is 10.8. The molecule has 130 valence electrons. The van der Waals surface area contributed by atoms with Gasteiger partial charge in [-0.15, -0.1) is 11.3 Å². The second-order valence-electron chi connectivity index (χ2n) is 5.56. The molecule has 0 atom stereocenters.